The van der Waals surface area contributed by atoms with E-state index >= 15 is 0 Å². The standard InChI is InChI=1S/C13H17NO5/c1-17-10-4-3-9(5-11(10)18-2)14-12(16)13(6-15)7-19-8-13/h3-5,15H,6-8H2,1-2H3,(H,14,16). The maximum absolute atomic E-state index is 12.1. The number of ether oxygens (including phenoxy) is 3. The molecule has 1 fully saturated rings. The lowest BCUT2D eigenvalue weighted by Gasteiger charge is -2.38. The third-order valence-corrected chi connectivity index (χ3v) is 3.18. The number of carbonyl (C=O) groups is 1. The third kappa shape index (κ3) is 2.50. The van der Waals surface area contributed by atoms with Crippen molar-refractivity contribution in [3.63, 3.8) is 0 Å². The zero-order valence-corrected chi connectivity index (χ0v) is 10.9. The van der Waals surface area contributed by atoms with Gasteiger partial charge in [0, 0.05) is 11.8 Å². The Balaban J connectivity index is 2.13. The average molecular weight is 267 g/mol. The first kappa shape index (κ1) is 13.6. The van der Waals surface area contributed by atoms with Crippen molar-refractivity contribution in [3.8, 4) is 11.5 Å². The summed E-state index contributed by atoms with van der Waals surface area (Å²) < 4.78 is 15.3. The lowest BCUT2D eigenvalue weighted by atomic mass is 9.86. The fourth-order valence-corrected chi connectivity index (χ4v) is 1.82. The molecular formula is C13H17NO5. The Morgan fingerprint density at radius 2 is 2.05 bits per heavy atom. The molecule has 19 heavy (non-hydrogen) atoms. The first-order valence-electron chi connectivity index (χ1n) is 5.87. The largest absolute Gasteiger partial charge is 0.493 e. The van der Waals surface area contributed by atoms with Gasteiger partial charge < -0.3 is 24.6 Å². The maximum atomic E-state index is 12.1. The van der Waals surface area contributed by atoms with Crippen molar-refractivity contribution in [2.24, 2.45) is 5.41 Å². The summed E-state index contributed by atoms with van der Waals surface area (Å²) in [5.74, 6) is 0.862. The van der Waals surface area contributed by atoms with Gasteiger partial charge in [0.05, 0.1) is 34.0 Å². The molecule has 1 aliphatic heterocycles. The van der Waals surface area contributed by atoms with E-state index < -0.39 is 5.41 Å². The van der Waals surface area contributed by atoms with E-state index in [0.29, 0.717) is 17.2 Å². The number of aliphatic hydroxyl groups is 1. The van der Waals surface area contributed by atoms with Gasteiger partial charge >= 0.3 is 0 Å². The number of hydrogen-bond donors (Lipinski definition) is 2. The van der Waals surface area contributed by atoms with Crippen molar-refractivity contribution in [2.45, 2.75) is 0 Å². The molecule has 0 unspecified atom stereocenters. The summed E-state index contributed by atoms with van der Waals surface area (Å²) in [6, 6.07) is 5.09. The quantitative estimate of drug-likeness (QED) is 0.819. The number of benzene rings is 1. The van der Waals surface area contributed by atoms with Crippen LogP contribution in [0.3, 0.4) is 0 Å². The van der Waals surface area contributed by atoms with E-state index in [9.17, 15) is 9.90 Å². The number of amides is 1. The van der Waals surface area contributed by atoms with Crippen molar-refractivity contribution in [1.29, 1.82) is 0 Å². The Labute approximate surface area is 111 Å². The van der Waals surface area contributed by atoms with Crippen LogP contribution >= 0.6 is 0 Å². The monoisotopic (exact) mass is 267 g/mol. The van der Waals surface area contributed by atoms with Gasteiger partial charge in [0.25, 0.3) is 0 Å². The second-order valence-electron chi connectivity index (χ2n) is 4.46. The molecule has 0 spiro atoms. The van der Waals surface area contributed by atoms with Crippen molar-refractivity contribution in [3.05, 3.63) is 18.2 Å². The normalized spacial score (nSPS) is 16.4. The second kappa shape index (κ2) is 5.46. The van der Waals surface area contributed by atoms with Crippen LogP contribution < -0.4 is 14.8 Å². The van der Waals surface area contributed by atoms with Gasteiger partial charge in [-0.2, -0.15) is 0 Å². The van der Waals surface area contributed by atoms with Gasteiger partial charge in [-0.3, -0.25) is 4.79 Å². The van der Waals surface area contributed by atoms with Gasteiger partial charge in [-0.1, -0.05) is 0 Å². The van der Waals surface area contributed by atoms with E-state index in [0.717, 1.165) is 0 Å². The molecule has 0 radical (unpaired) electrons. The number of methoxy groups -OCH3 is 2. The van der Waals surface area contributed by atoms with Crippen LogP contribution in [0, 0.1) is 5.41 Å². The highest BCUT2D eigenvalue weighted by Crippen LogP contribution is 2.32. The van der Waals surface area contributed by atoms with E-state index in [2.05, 4.69) is 5.32 Å². The number of rotatable bonds is 5. The van der Waals surface area contributed by atoms with Crippen molar-refractivity contribution >= 4 is 11.6 Å². The minimum absolute atomic E-state index is 0.230. The number of nitrogens with one attached hydrogen (secondary N) is 1. The molecule has 1 aliphatic rings. The van der Waals surface area contributed by atoms with Gasteiger partial charge in [-0.25, -0.2) is 0 Å². The van der Waals surface area contributed by atoms with E-state index in [1.54, 1.807) is 25.3 Å². The summed E-state index contributed by atoms with van der Waals surface area (Å²) in [5, 5.41) is 12.0. The van der Waals surface area contributed by atoms with Crippen LogP contribution in [0.15, 0.2) is 18.2 Å². The van der Waals surface area contributed by atoms with Crippen molar-refractivity contribution in [1.82, 2.24) is 0 Å². The smallest absolute Gasteiger partial charge is 0.237 e. The molecular weight excluding hydrogens is 250 g/mol. The highest BCUT2D eigenvalue weighted by molar-refractivity contribution is 5.96. The predicted octanol–water partition coefficient (Wildman–Crippen LogP) is 0.651. The van der Waals surface area contributed by atoms with Crippen LogP contribution in [0.4, 0.5) is 5.69 Å². The van der Waals surface area contributed by atoms with Gasteiger partial charge in [-0.05, 0) is 12.1 Å². The molecule has 104 valence electrons. The van der Waals surface area contributed by atoms with Crippen molar-refractivity contribution < 1.29 is 24.1 Å². The fourth-order valence-electron chi connectivity index (χ4n) is 1.82. The summed E-state index contributed by atoms with van der Waals surface area (Å²) in [6.45, 7) is 0.247. The first-order chi connectivity index (χ1) is 9.15. The number of aliphatic hydroxyl groups excluding tert-OH is 1. The summed E-state index contributed by atoms with van der Waals surface area (Å²) in [6.07, 6.45) is 0. The van der Waals surface area contributed by atoms with Crippen LogP contribution in [0.25, 0.3) is 0 Å². The molecule has 6 nitrogen and oxygen atoms in total. The Morgan fingerprint density at radius 1 is 1.37 bits per heavy atom. The predicted molar refractivity (Wildman–Crippen MR) is 68.5 cm³/mol. The minimum Gasteiger partial charge on any atom is -0.493 e. The average Bonchev–Trinajstić information content (AvgIpc) is 2.38. The zero-order chi connectivity index (χ0) is 13.9. The molecule has 2 rings (SSSR count). The molecule has 0 saturated carbocycles. The van der Waals surface area contributed by atoms with Crippen LogP contribution in [0.5, 0.6) is 11.5 Å². The number of hydrogen-bond acceptors (Lipinski definition) is 5. The van der Waals surface area contributed by atoms with E-state index in [1.165, 1.54) is 7.11 Å². The zero-order valence-electron chi connectivity index (χ0n) is 10.9. The van der Waals surface area contributed by atoms with Gasteiger partial charge in [-0.15, -0.1) is 0 Å². The van der Waals surface area contributed by atoms with Crippen LogP contribution in [-0.4, -0.2) is 45.1 Å². The van der Waals surface area contributed by atoms with E-state index in [-0.39, 0.29) is 25.7 Å². The second-order valence-corrected chi connectivity index (χ2v) is 4.46. The van der Waals surface area contributed by atoms with E-state index in [4.69, 9.17) is 14.2 Å². The SMILES string of the molecule is COc1ccc(NC(=O)C2(CO)COC2)cc1OC. The van der Waals surface area contributed by atoms with Crippen LogP contribution in [0.1, 0.15) is 0 Å². The molecule has 2 N–H and O–H groups in total. The topological polar surface area (TPSA) is 77.0 Å². The molecule has 1 saturated heterocycles. The van der Waals surface area contributed by atoms with Gasteiger partial charge in [0.1, 0.15) is 5.41 Å². The number of anilines is 1. The van der Waals surface area contributed by atoms with Gasteiger partial charge in [0.15, 0.2) is 11.5 Å². The lowest BCUT2D eigenvalue weighted by Crippen LogP contribution is -2.54. The third-order valence-electron chi connectivity index (χ3n) is 3.18. The molecule has 1 amide bonds. The lowest BCUT2D eigenvalue weighted by molar-refractivity contribution is -0.164. The molecule has 0 aliphatic carbocycles. The molecule has 1 heterocycles. The summed E-state index contributed by atoms with van der Waals surface area (Å²) >= 11 is 0. The Bertz CT molecular complexity index is 465. The van der Waals surface area contributed by atoms with E-state index in [1.807, 2.05) is 0 Å². The summed E-state index contributed by atoms with van der Waals surface area (Å²) in [4.78, 5) is 12.1. The highest BCUT2D eigenvalue weighted by Gasteiger charge is 2.45. The molecule has 6 heteroatoms. The molecule has 0 aromatic heterocycles. The molecule has 0 bridgehead atoms. The van der Waals surface area contributed by atoms with Crippen molar-refractivity contribution in [2.75, 3.05) is 39.4 Å². The fraction of sp³-hybridized carbons (Fsp3) is 0.462. The maximum Gasteiger partial charge on any atom is 0.237 e. The number of carbonyl (C=O) groups excluding carboxylic acids is 1. The molecule has 1 aromatic carbocycles. The van der Waals surface area contributed by atoms with Crippen LogP contribution in [-0.2, 0) is 9.53 Å². The first-order valence-corrected chi connectivity index (χ1v) is 5.87. The Kier molecular flexibility index (Phi) is 3.92. The Morgan fingerprint density at radius 3 is 2.53 bits per heavy atom. The van der Waals surface area contributed by atoms with Crippen LogP contribution in [0.2, 0.25) is 0 Å². The highest BCUT2D eigenvalue weighted by atomic mass is 16.5. The molecule has 0 atom stereocenters. The Hall–Kier alpha value is -1.79. The summed E-state index contributed by atoms with van der Waals surface area (Å²) in [7, 11) is 3.07. The minimum atomic E-state index is -0.826. The molecule has 1 aromatic rings. The van der Waals surface area contributed by atoms with Gasteiger partial charge in [0.2, 0.25) is 5.91 Å². The summed E-state index contributed by atoms with van der Waals surface area (Å²) in [5.41, 5.74) is -0.241.